The molecule has 1 aromatic carbocycles. The number of anilines is 1. The standard InChI is InChI=1S/C17H25N3O3S/c1-11(9-18)10-24(22,23)20-17(21)19-16-14-6-2-4-12(14)8-13-5-3-7-15(13)16/h8,11H,2-7,9-10,18H2,1H3,(H2,19,20,21). The molecule has 2 aliphatic rings. The molecule has 1 unspecified atom stereocenters. The SMILES string of the molecule is CC(CN)CS(=O)(=O)NC(=O)Nc1c2c(cc3c1CCC3)CCC2. The number of hydrogen-bond acceptors (Lipinski definition) is 4. The summed E-state index contributed by atoms with van der Waals surface area (Å²) in [5.41, 5.74) is 11.3. The van der Waals surface area contributed by atoms with Crippen LogP contribution in [0.15, 0.2) is 6.07 Å². The largest absolute Gasteiger partial charge is 0.332 e. The van der Waals surface area contributed by atoms with Gasteiger partial charge < -0.3 is 11.1 Å². The highest BCUT2D eigenvalue weighted by Gasteiger charge is 2.26. The molecule has 2 aliphatic carbocycles. The highest BCUT2D eigenvalue weighted by molar-refractivity contribution is 7.90. The Labute approximate surface area is 143 Å². The Hall–Kier alpha value is -1.60. The first-order valence-electron chi connectivity index (χ1n) is 8.57. The zero-order chi connectivity index (χ0) is 17.3. The molecule has 2 amide bonds. The van der Waals surface area contributed by atoms with Gasteiger partial charge in [0.15, 0.2) is 0 Å². The van der Waals surface area contributed by atoms with Gasteiger partial charge in [-0.1, -0.05) is 13.0 Å². The second-order valence-electron chi connectivity index (χ2n) is 6.91. The number of amides is 2. The fourth-order valence-electron chi connectivity index (χ4n) is 3.73. The van der Waals surface area contributed by atoms with Crippen molar-refractivity contribution in [1.29, 1.82) is 0 Å². The number of carbonyl (C=O) groups excluding carboxylic acids is 1. The van der Waals surface area contributed by atoms with Gasteiger partial charge in [-0.25, -0.2) is 17.9 Å². The van der Waals surface area contributed by atoms with E-state index in [-0.39, 0.29) is 18.2 Å². The third-order valence-corrected chi connectivity index (χ3v) is 6.37. The third-order valence-electron chi connectivity index (χ3n) is 4.87. The summed E-state index contributed by atoms with van der Waals surface area (Å²) in [6.07, 6.45) is 6.11. The van der Waals surface area contributed by atoms with Gasteiger partial charge in [-0.2, -0.15) is 0 Å². The van der Waals surface area contributed by atoms with Crippen LogP contribution in [0.3, 0.4) is 0 Å². The molecule has 0 saturated carbocycles. The summed E-state index contributed by atoms with van der Waals surface area (Å²) >= 11 is 0. The molecule has 6 nitrogen and oxygen atoms in total. The van der Waals surface area contributed by atoms with Gasteiger partial charge in [-0.3, -0.25) is 0 Å². The van der Waals surface area contributed by atoms with Crippen LogP contribution >= 0.6 is 0 Å². The Morgan fingerprint density at radius 3 is 2.29 bits per heavy atom. The molecular weight excluding hydrogens is 326 g/mol. The molecule has 24 heavy (non-hydrogen) atoms. The first kappa shape index (κ1) is 17.2. The minimum Gasteiger partial charge on any atom is -0.330 e. The van der Waals surface area contributed by atoms with Crippen LogP contribution in [0.5, 0.6) is 0 Å². The zero-order valence-corrected chi connectivity index (χ0v) is 14.8. The van der Waals surface area contributed by atoms with E-state index in [0.717, 1.165) is 44.2 Å². The molecule has 0 spiro atoms. The van der Waals surface area contributed by atoms with Crippen molar-refractivity contribution in [3.63, 3.8) is 0 Å². The number of benzene rings is 1. The summed E-state index contributed by atoms with van der Waals surface area (Å²) in [5, 5.41) is 2.83. The predicted molar refractivity (Wildman–Crippen MR) is 94.7 cm³/mol. The van der Waals surface area contributed by atoms with Gasteiger partial charge in [0.05, 0.1) is 5.75 Å². The van der Waals surface area contributed by atoms with E-state index in [9.17, 15) is 13.2 Å². The lowest BCUT2D eigenvalue weighted by Gasteiger charge is -2.17. The van der Waals surface area contributed by atoms with Crippen LogP contribution < -0.4 is 15.8 Å². The monoisotopic (exact) mass is 351 g/mol. The van der Waals surface area contributed by atoms with Gasteiger partial charge >= 0.3 is 6.03 Å². The van der Waals surface area contributed by atoms with Gasteiger partial charge in [0.2, 0.25) is 10.0 Å². The number of sulfonamides is 1. The lowest BCUT2D eigenvalue weighted by Crippen LogP contribution is -2.38. The molecular formula is C17H25N3O3S. The van der Waals surface area contributed by atoms with Gasteiger partial charge in [0.25, 0.3) is 0 Å². The maximum Gasteiger partial charge on any atom is 0.332 e. The van der Waals surface area contributed by atoms with E-state index in [2.05, 4.69) is 16.1 Å². The number of nitrogens with two attached hydrogens (primary N) is 1. The molecule has 0 heterocycles. The Balaban J connectivity index is 1.78. The highest BCUT2D eigenvalue weighted by Crippen LogP contribution is 2.38. The Kier molecular flexibility index (Phi) is 4.83. The molecule has 7 heteroatoms. The van der Waals surface area contributed by atoms with Crippen LogP contribution in [0, 0.1) is 5.92 Å². The van der Waals surface area contributed by atoms with Crippen LogP contribution in [-0.2, 0) is 35.7 Å². The van der Waals surface area contributed by atoms with Crippen molar-refractivity contribution in [1.82, 2.24) is 4.72 Å². The Morgan fingerprint density at radius 2 is 1.75 bits per heavy atom. The van der Waals surface area contributed by atoms with E-state index in [0.29, 0.717) is 0 Å². The summed E-state index contributed by atoms with van der Waals surface area (Å²) in [6, 6.07) is 1.60. The quantitative estimate of drug-likeness (QED) is 0.751. The average Bonchev–Trinajstić information content (AvgIpc) is 3.14. The summed E-state index contributed by atoms with van der Waals surface area (Å²) in [7, 11) is -3.68. The fourth-order valence-corrected chi connectivity index (χ4v) is 5.03. The van der Waals surface area contributed by atoms with Crippen molar-refractivity contribution >= 4 is 21.7 Å². The van der Waals surface area contributed by atoms with Gasteiger partial charge in [-0.05, 0) is 73.2 Å². The molecule has 0 bridgehead atoms. The second-order valence-corrected chi connectivity index (χ2v) is 8.68. The van der Waals surface area contributed by atoms with Crippen molar-refractivity contribution in [3.05, 3.63) is 28.3 Å². The first-order valence-corrected chi connectivity index (χ1v) is 10.2. The molecule has 0 radical (unpaired) electrons. The topological polar surface area (TPSA) is 101 Å². The van der Waals surface area contributed by atoms with E-state index in [1.807, 2.05) is 0 Å². The van der Waals surface area contributed by atoms with E-state index in [1.54, 1.807) is 6.92 Å². The third kappa shape index (κ3) is 3.57. The summed E-state index contributed by atoms with van der Waals surface area (Å²) < 4.78 is 26.2. The highest BCUT2D eigenvalue weighted by atomic mass is 32.2. The van der Waals surface area contributed by atoms with E-state index in [4.69, 9.17) is 5.73 Å². The molecule has 0 aliphatic heterocycles. The van der Waals surface area contributed by atoms with Crippen LogP contribution in [0.2, 0.25) is 0 Å². The lowest BCUT2D eigenvalue weighted by atomic mass is 9.99. The van der Waals surface area contributed by atoms with Crippen LogP contribution in [0.25, 0.3) is 0 Å². The van der Waals surface area contributed by atoms with E-state index in [1.165, 1.54) is 22.3 Å². The number of fused-ring (bicyclic) bond motifs is 2. The molecule has 1 atom stereocenters. The molecule has 132 valence electrons. The molecule has 0 saturated heterocycles. The number of hydrogen-bond donors (Lipinski definition) is 3. The molecule has 3 rings (SSSR count). The fraction of sp³-hybridized carbons (Fsp3) is 0.588. The number of urea groups is 1. The number of carbonyl (C=O) groups is 1. The maximum absolute atomic E-state index is 12.3. The molecule has 4 N–H and O–H groups in total. The van der Waals surface area contributed by atoms with Crippen LogP contribution in [-0.4, -0.2) is 26.7 Å². The minimum atomic E-state index is -3.68. The molecule has 0 fully saturated rings. The minimum absolute atomic E-state index is 0.151. The van der Waals surface area contributed by atoms with Gasteiger partial charge in [0.1, 0.15) is 0 Å². The Morgan fingerprint density at radius 1 is 1.17 bits per heavy atom. The maximum atomic E-state index is 12.3. The van der Waals surface area contributed by atoms with E-state index < -0.39 is 16.1 Å². The van der Waals surface area contributed by atoms with Crippen molar-refractivity contribution in [2.75, 3.05) is 17.6 Å². The zero-order valence-electron chi connectivity index (χ0n) is 14.0. The van der Waals surface area contributed by atoms with Crippen molar-refractivity contribution in [2.24, 2.45) is 11.7 Å². The second kappa shape index (κ2) is 6.72. The molecule has 0 aromatic heterocycles. The molecule has 1 aromatic rings. The normalized spacial score (nSPS) is 17.2. The summed E-state index contributed by atoms with van der Waals surface area (Å²) in [6.45, 7) is 2.01. The number of rotatable bonds is 5. The van der Waals surface area contributed by atoms with Gasteiger partial charge in [0, 0.05) is 5.69 Å². The summed E-state index contributed by atoms with van der Waals surface area (Å²) in [4.78, 5) is 12.3. The van der Waals surface area contributed by atoms with Crippen molar-refractivity contribution in [2.45, 2.75) is 45.4 Å². The van der Waals surface area contributed by atoms with Gasteiger partial charge in [-0.15, -0.1) is 0 Å². The van der Waals surface area contributed by atoms with Crippen molar-refractivity contribution in [3.8, 4) is 0 Å². The number of nitrogens with one attached hydrogen (secondary N) is 2. The smallest absolute Gasteiger partial charge is 0.330 e. The van der Waals surface area contributed by atoms with Crippen molar-refractivity contribution < 1.29 is 13.2 Å². The lowest BCUT2D eigenvalue weighted by molar-refractivity contribution is 0.256. The van der Waals surface area contributed by atoms with Crippen LogP contribution in [0.1, 0.15) is 42.0 Å². The van der Waals surface area contributed by atoms with E-state index >= 15 is 0 Å². The summed E-state index contributed by atoms with van der Waals surface area (Å²) in [5.74, 6) is -0.345. The Bertz CT molecular complexity index is 727. The predicted octanol–water partition coefficient (Wildman–Crippen LogP) is 1.71. The van der Waals surface area contributed by atoms with Crippen LogP contribution in [0.4, 0.5) is 10.5 Å². The number of aryl methyl sites for hydroxylation is 2. The average molecular weight is 351 g/mol. The first-order chi connectivity index (χ1) is 11.4.